The summed E-state index contributed by atoms with van der Waals surface area (Å²) in [5.74, 6) is 0. The van der Waals surface area contributed by atoms with Crippen LogP contribution in [0.1, 0.15) is 19.5 Å². The molecule has 0 saturated heterocycles. The van der Waals surface area contributed by atoms with Gasteiger partial charge in [0.25, 0.3) is 0 Å². The van der Waals surface area contributed by atoms with Gasteiger partial charge in [-0.3, -0.25) is 4.68 Å². The molecule has 3 nitrogen and oxygen atoms in total. The first-order chi connectivity index (χ1) is 6.26. The molecule has 0 unspecified atom stereocenters. The van der Waals surface area contributed by atoms with E-state index >= 15 is 0 Å². The Morgan fingerprint density at radius 3 is 2.62 bits per heavy atom. The van der Waals surface area contributed by atoms with Crippen molar-refractivity contribution in [3.05, 3.63) is 18.0 Å². The number of hydrogen-bond acceptors (Lipinski definition) is 2. The van der Waals surface area contributed by atoms with Gasteiger partial charge in [-0.25, -0.2) is 0 Å². The predicted octanol–water partition coefficient (Wildman–Crippen LogP) is 1.33. The maximum atomic E-state index is 4.29. The molecule has 1 rings (SSSR count). The lowest BCUT2D eigenvalue weighted by molar-refractivity contribution is 0.285. The van der Waals surface area contributed by atoms with Gasteiger partial charge < -0.3 is 4.90 Å². The van der Waals surface area contributed by atoms with Gasteiger partial charge in [-0.05, 0) is 20.0 Å². The lowest BCUT2D eigenvalue weighted by atomic mass is 10.5. The van der Waals surface area contributed by atoms with E-state index in [1.54, 1.807) is 0 Å². The van der Waals surface area contributed by atoms with Crippen LogP contribution in [0.4, 0.5) is 0 Å². The van der Waals surface area contributed by atoms with Crippen LogP contribution in [0.3, 0.4) is 0 Å². The molecular formula is C10H18N3. The minimum Gasteiger partial charge on any atom is -0.302 e. The molecule has 0 N–H and O–H groups in total. The summed E-state index contributed by atoms with van der Waals surface area (Å²) < 4.78 is 1.95. The van der Waals surface area contributed by atoms with Crippen molar-refractivity contribution in [3.8, 4) is 0 Å². The maximum Gasteiger partial charge on any atom is 0.0673 e. The number of rotatable bonds is 5. The first-order valence-electron chi connectivity index (χ1n) is 4.90. The van der Waals surface area contributed by atoms with Crippen molar-refractivity contribution in [2.75, 3.05) is 19.6 Å². The summed E-state index contributed by atoms with van der Waals surface area (Å²) in [4.78, 5) is 2.39. The van der Waals surface area contributed by atoms with Gasteiger partial charge in [-0.2, -0.15) is 5.10 Å². The Morgan fingerprint density at radius 2 is 2.15 bits per heavy atom. The topological polar surface area (TPSA) is 21.1 Å². The maximum absolute atomic E-state index is 4.29. The van der Waals surface area contributed by atoms with Crippen molar-refractivity contribution in [3.63, 3.8) is 0 Å². The fourth-order valence-corrected chi connectivity index (χ4v) is 1.32. The van der Waals surface area contributed by atoms with E-state index < -0.39 is 0 Å². The Hall–Kier alpha value is -0.830. The zero-order chi connectivity index (χ0) is 9.68. The first kappa shape index (κ1) is 10.3. The van der Waals surface area contributed by atoms with Gasteiger partial charge in [-0.1, -0.05) is 13.8 Å². The van der Waals surface area contributed by atoms with Crippen LogP contribution < -0.4 is 0 Å². The lowest BCUT2D eigenvalue weighted by Crippen LogP contribution is -2.27. The molecule has 73 valence electrons. The van der Waals surface area contributed by atoms with Crippen LogP contribution in [0.2, 0.25) is 0 Å². The van der Waals surface area contributed by atoms with E-state index in [-0.39, 0.29) is 0 Å². The second-order valence-electron chi connectivity index (χ2n) is 3.15. The van der Waals surface area contributed by atoms with Gasteiger partial charge in [0.15, 0.2) is 0 Å². The Morgan fingerprint density at radius 1 is 1.46 bits per heavy atom. The number of likely N-dealkylation sites (N-methyl/N-ethyl adjacent to an activating group) is 1. The van der Waals surface area contributed by atoms with Crippen LogP contribution in [-0.2, 0) is 6.54 Å². The zero-order valence-corrected chi connectivity index (χ0v) is 8.75. The van der Waals surface area contributed by atoms with Crippen LogP contribution in [-0.4, -0.2) is 34.3 Å². The van der Waals surface area contributed by atoms with E-state index in [4.69, 9.17) is 0 Å². The van der Waals surface area contributed by atoms with E-state index in [9.17, 15) is 0 Å². The third kappa shape index (κ3) is 3.19. The number of aryl methyl sites for hydroxylation is 1. The molecule has 0 fully saturated rings. The lowest BCUT2D eigenvalue weighted by Gasteiger charge is -2.17. The minimum atomic E-state index is 0.964. The zero-order valence-electron chi connectivity index (χ0n) is 8.75. The van der Waals surface area contributed by atoms with Crippen molar-refractivity contribution in [2.24, 2.45) is 0 Å². The summed E-state index contributed by atoms with van der Waals surface area (Å²) in [6.45, 7) is 10.6. The van der Waals surface area contributed by atoms with Crippen molar-refractivity contribution in [2.45, 2.75) is 27.3 Å². The smallest absolute Gasteiger partial charge is 0.0673 e. The van der Waals surface area contributed by atoms with Crippen molar-refractivity contribution >= 4 is 0 Å². The molecule has 0 aliphatic carbocycles. The molecule has 0 aliphatic heterocycles. The standard InChI is InChI=1S/C10H18N3/c1-4-12(5-2)8-9-13-7-6-10(3)11-13/h7H,4-5,8-9H2,1-3H3. The SMILES string of the molecule is CCN(CC)CCn1c[c]c(C)n1. The van der Waals surface area contributed by atoms with Gasteiger partial charge in [0.2, 0.25) is 0 Å². The fourth-order valence-electron chi connectivity index (χ4n) is 1.32. The predicted molar refractivity (Wildman–Crippen MR) is 53.6 cm³/mol. The summed E-state index contributed by atoms with van der Waals surface area (Å²) in [5.41, 5.74) is 0.972. The molecule has 13 heavy (non-hydrogen) atoms. The molecule has 0 saturated carbocycles. The number of aromatic nitrogens is 2. The number of nitrogens with zero attached hydrogens (tertiary/aromatic N) is 3. The Kier molecular flexibility index (Phi) is 3.96. The average molecular weight is 180 g/mol. The molecule has 1 aromatic heterocycles. The van der Waals surface area contributed by atoms with Crippen LogP contribution >= 0.6 is 0 Å². The Labute approximate surface area is 80.4 Å². The fraction of sp³-hybridized carbons (Fsp3) is 0.700. The number of hydrogen-bond donors (Lipinski definition) is 0. The molecule has 0 spiro atoms. The summed E-state index contributed by atoms with van der Waals surface area (Å²) in [7, 11) is 0. The second-order valence-corrected chi connectivity index (χ2v) is 3.15. The molecule has 0 aliphatic rings. The van der Waals surface area contributed by atoms with Crippen molar-refractivity contribution < 1.29 is 0 Å². The first-order valence-corrected chi connectivity index (χ1v) is 4.90. The highest BCUT2D eigenvalue weighted by molar-refractivity contribution is 4.91. The molecule has 0 amide bonds. The quantitative estimate of drug-likeness (QED) is 0.681. The van der Waals surface area contributed by atoms with Crippen molar-refractivity contribution in [1.29, 1.82) is 0 Å². The van der Waals surface area contributed by atoms with E-state index in [1.807, 2.05) is 17.8 Å². The van der Waals surface area contributed by atoms with Crippen LogP contribution in [0.25, 0.3) is 0 Å². The van der Waals surface area contributed by atoms with E-state index in [1.165, 1.54) is 0 Å². The highest BCUT2D eigenvalue weighted by Crippen LogP contribution is 1.93. The normalized spacial score (nSPS) is 11.1. The molecule has 0 atom stereocenters. The van der Waals surface area contributed by atoms with Gasteiger partial charge in [0.05, 0.1) is 12.2 Å². The average Bonchev–Trinajstić information content (AvgIpc) is 2.53. The summed E-state index contributed by atoms with van der Waals surface area (Å²) in [6, 6.07) is 3.06. The largest absolute Gasteiger partial charge is 0.302 e. The highest BCUT2D eigenvalue weighted by Gasteiger charge is 1.99. The highest BCUT2D eigenvalue weighted by atomic mass is 15.3. The molecular weight excluding hydrogens is 162 g/mol. The van der Waals surface area contributed by atoms with Crippen LogP contribution in [0, 0.1) is 13.0 Å². The van der Waals surface area contributed by atoms with Crippen molar-refractivity contribution in [1.82, 2.24) is 14.7 Å². The van der Waals surface area contributed by atoms with E-state index in [2.05, 4.69) is 29.9 Å². The second kappa shape index (κ2) is 5.02. The molecule has 1 heterocycles. The Bertz CT molecular complexity index is 238. The molecule has 0 aromatic carbocycles. The summed E-state index contributed by atoms with van der Waals surface area (Å²) in [6.07, 6.45) is 1.92. The third-order valence-electron chi connectivity index (χ3n) is 2.24. The molecule has 0 bridgehead atoms. The van der Waals surface area contributed by atoms with Crippen LogP contribution in [0.5, 0.6) is 0 Å². The Balaban J connectivity index is 2.33. The monoisotopic (exact) mass is 180 g/mol. The molecule has 1 radical (unpaired) electrons. The molecule has 3 heteroatoms. The van der Waals surface area contributed by atoms with Gasteiger partial charge in [0, 0.05) is 18.8 Å². The van der Waals surface area contributed by atoms with Gasteiger partial charge in [-0.15, -0.1) is 0 Å². The summed E-state index contributed by atoms with van der Waals surface area (Å²) >= 11 is 0. The minimum absolute atomic E-state index is 0.964. The summed E-state index contributed by atoms with van der Waals surface area (Å²) in [5, 5.41) is 4.29. The van der Waals surface area contributed by atoms with E-state index in [0.29, 0.717) is 0 Å². The van der Waals surface area contributed by atoms with Gasteiger partial charge in [0.1, 0.15) is 0 Å². The molecule has 1 aromatic rings. The van der Waals surface area contributed by atoms with E-state index in [0.717, 1.165) is 31.9 Å². The van der Waals surface area contributed by atoms with Gasteiger partial charge >= 0.3 is 0 Å². The van der Waals surface area contributed by atoms with Crippen LogP contribution in [0.15, 0.2) is 6.20 Å². The third-order valence-corrected chi connectivity index (χ3v) is 2.24.